The van der Waals surface area contributed by atoms with Crippen molar-refractivity contribution in [3.63, 3.8) is 0 Å². The van der Waals surface area contributed by atoms with E-state index in [2.05, 4.69) is 10.2 Å². The third-order valence-electron chi connectivity index (χ3n) is 2.85. The van der Waals surface area contributed by atoms with Gasteiger partial charge in [0.2, 0.25) is 0 Å². The summed E-state index contributed by atoms with van der Waals surface area (Å²) < 4.78 is 4.72. The van der Waals surface area contributed by atoms with E-state index in [1.54, 1.807) is 0 Å². The predicted octanol–water partition coefficient (Wildman–Crippen LogP) is -0.0584. The van der Waals surface area contributed by atoms with Crippen molar-refractivity contribution in [1.82, 2.24) is 15.0 Å². The number of methoxy groups -OCH3 is 1. The first kappa shape index (κ1) is 30.8. The molecule has 1 aromatic carbocycles. The molecule has 0 spiro atoms. The molecule has 0 saturated carbocycles. The Balaban J connectivity index is 0. The summed E-state index contributed by atoms with van der Waals surface area (Å²) in [7, 11) is 1.40. The van der Waals surface area contributed by atoms with E-state index in [-0.39, 0.29) is 12.3 Å². The Kier molecular flexibility index (Phi) is 16.7. The van der Waals surface area contributed by atoms with Crippen LogP contribution in [-0.2, 0) is 19.1 Å². The second kappa shape index (κ2) is 17.3. The van der Waals surface area contributed by atoms with Crippen molar-refractivity contribution < 1.29 is 49.8 Å². The highest BCUT2D eigenvalue weighted by molar-refractivity contribution is 5.63. The molecule has 1 heterocycles. The van der Waals surface area contributed by atoms with Crippen molar-refractivity contribution in [2.45, 2.75) is 39.1 Å². The van der Waals surface area contributed by atoms with Gasteiger partial charge < -0.3 is 35.4 Å². The van der Waals surface area contributed by atoms with E-state index in [9.17, 15) is 15.3 Å². The van der Waals surface area contributed by atoms with Gasteiger partial charge >= 0.3 is 0 Å². The Hall–Kier alpha value is -3.39. The smallest absolute Gasteiger partial charge is 0.300 e. The highest BCUT2D eigenvalue weighted by Gasteiger charge is 2.28. The van der Waals surface area contributed by atoms with E-state index in [0.717, 1.165) is 26.5 Å². The third-order valence-corrected chi connectivity index (χ3v) is 2.85. The summed E-state index contributed by atoms with van der Waals surface area (Å²) in [6, 6.07) is 9.17. The molecule has 180 valence electrons. The van der Waals surface area contributed by atoms with Gasteiger partial charge in [-0.3, -0.25) is 14.4 Å². The molecule has 0 aliphatic heterocycles. The summed E-state index contributed by atoms with van der Waals surface area (Å²) >= 11 is 0. The second-order valence-corrected chi connectivity index (χ2v) is 5.91. The molecule has 32 heavy (non-hydrogen) atoms. The number of aliphatic hydroxyl groups is 3. The Labute approximate surface area is 184 Å². The first-order valence-electron chi connectivity index (χ1n) is 8.92. The van der Waals surface area contributed by atoms with E-state index >= 15 is 0 Å². The van der Waals surface area contributed by atoms with E-state index in [4.69, 9.17) is 34.4 Å². The van der Waals surface area contributed by atoms with Crippen molar-refractivity contribution in [3.8, 4) is 5.69 Å². The van der Waals surface area contributed by atoms with Gasteiger partial charge in [-0.1, -0.05) is 18.2 Å². The second-order valence-electron chi connectivity index (χ2n) is 5.91. The van der Waals surface area contributed by atoms with Crippen LogP contribution in [-0.4, -0.2) is 89.5 Å². The number of rotatable bonds is 6. The summed E-state index contributed by atoms with van der Waals surface area (Å²) in [5.41, 5.74) is 0.911. The fraction of sp³-hybridized carbons (Fsp3) is 0.421. The van der Waals surface area contributed by atoms with Crippen LogP contribution in [0, 0.1) is 0 Å². The fourth-order valence-corrected chi connectivity index (χ4v) is 1.75. The molecule has 13 nitrogen and oxygen atoms in total. The van der Waals surface area contributed by atoms with Crippen LogP contribution in [0.25, 0.3) is 5.69 Å². The number of nitrogens with zero attached hydrogens (tertiary/aromatic N) is 3. The molecule has 0 fully saturated rings. The normalized spacial score (nSPS) is 12.2. The number of carboxylic acid groups (broad SMARTS) is 3. The van der Waals surface area contributed by atoms with E-state index in [0.29, 0.717) is 0 Å². The number of hydrogen-bond donors (Lipinski definition) is 6. The summed E-state index contributed by atoms with van der Waals surface area (Å²) in [6.45, 7) is 3.17. The van der Waals surface area contributed by atoms with Crippen molar-refractivity contribution in [2.24, 2.45) is 0 Å². The number of aliphatic hydroxyl groups excluding tert-OH is 3. The van der Waals surface area contributed by atoms with Crippen molar-refractivity contribution >= 4 is 17.9 Å². The Morgan fingerprint density at radius 2 is 1.38 bits per heavy atom. The summed E-state index contributed by atoms with van der Waals surface area (Å²) in [5, 5.41) is 59.7. The maximum Gasteiger partial charge on any atom is 0.300 e. The van der Waals surface area contributed by atoms with Gasteiger partial charge in [-0.2, -0.15) is 15.0 Å². The van der Waals surface area contributed by atoms with Crippen LogP contribution in [0.1, 0.15) is 32.6 Å². The number of ether oxygens (including phenoxy) is 1. The van der Waals surface area contributed by atoms with Crippen LogP contribution < -0.4 is 0 Å². The number of aromatic nitrogens is 3. The van der Waals surface area contributed by atoms with E-state index < -0.39 is 36.2 Å². The molecule has 3 unspecified atom stereocenters. The molecule has 0 amide bonds. The number of aliphatic carboxylic acids is 3. The molecule has 1 aromatic heterocycles. The van der Waals surface area contributed by atoms with Crippen LogP contribution in [0.15, 0.2) is 36.5 Å². The van der Waals surface area contributed by atoms with Crippen LogP contribution in [0.5, 0.6) is 0 Å². The minimum absolute atomic E-state index is 0.0783. The number of carboxylic acids is 3. The fourth-order valence-electron chi connectivity index (χ4n) is 1.75. The van der Waals surface area contributed by atoms with Crippen LogP contribution >= 0.6 is 0 Å². The van der Waals surface area contributed by atoms with Gasteiger partial charge in [0.05, 0.1) is 18.5 Å². The first-order valence-corrected chi connectivity index (χ1v) is 8.92. The number of hydrogen-bond acceptors (Lipinski definition) is 9. The highest BCUT2D eigenvalue weighted by Crippen LogP contribution is 2.17. The van der Waals surface area contributed by atoms with Crippen molar-refractivity contribution in [1.29, 1.82) is 0 Å². The van der Waals surface area contributed by atoms with Gasteiger partial charge in [-0.05, 0) is 12.1 Å². The van der Waals surface area contributed by atoms with Crippen molar-refractivity contribution in [3.05, 3.63) is 42.2 Å². The Morgan fingerprint density at radius 1 is 0.938 bits per heavy atom. The predicted molar refractivity (Wildman–Crippen MR) is 110 cm³/mol. The molecule has 6 N–H and O–H groups in total. The quantitative estimate of drug-likeness (QED) is 0.335. The molecule has 0 radical (unpaired) electrons. The molecule has 2 rings (SSSR count). The SMILES string of the molecule is CC(=O)O.CC(=O)O.CC(=O)O.COCC(O)C(O)C(O)c1cnn(-c2ccccc2)n1. The Bertz CT molecular complexity index is 757. The monoisotopic (exact) mass is 459 g/mol. The number of benzene rings is 1. The maximum absolute atomic E-state index is 9.96. The molecule has 0 bridgehead atoms. The van der Waals surface area contributed by atoms with Crippen LogP contribution in [0.3, 0.4) is 0 Å². The largest absolute Gasteiger partial charge is 0.481 e. The lowest BCUT2D eigenvalue weighted by molar-refractivity contribution is -0.135. The van der Waals surface area contributed by atoms with Gasteiger partial charge in [0.15, 0.2) is 0 Å². The average molecular weight is 459 g/mol. The number of carbonyl (C=O) groups is 3. The number of para-hydroxylation sites is 1. The highest BCUT2D eigenvalue weighted by atomic mass is 16.5. The molecule has 3 atom stereocenters. The molecule has 0 aliphatic carbocycles. The lowest BCUT2D eigenvalue weighted by atomic mass is 10.1. The average Bonchev–Trinajstić information content (AvgIpc) is 3.16. The molecule has 0 aliphatic rings. The summed E-state index contributed by atoms with van der Waals surface area (Å²) in [5.74, 6) is -2.50. The van der Waals surface area contributed by atoms with Gasteiger partial charge in [0, 0.05) is 27.9 Å². The van der Waals surface area contributed by atoms with Gasteiger partial charge in [0.25, 0.3) is 17.9 Å². The molecular weight excluding hydrogens is 430 g/mol. The van der Waals surface area contributed by atoms with Gasteiger partial charge in [-0.15, -0.1) is 0 Å². The maximum atomic E-state index is 9.96. The lowest BCUT2D eigenvalue weighted by Gasteiger charge is -2.20. The van der Waals surface area contributed by atoms with E-state index in [1.807, 2.05) is 30.3 Å². The minimum atomic E-state index is -1.39. The molecule has 0 saturated heterocycles. The zero-order valence-electron chi connectivity index (χ0n) is 18.1. The molecule has 13 heteroatoms. The minimum Gasteiger partial charge on any atom is -0.481 e. The molecule has 2 aromatic rings. The van der Waals surface area contributed by atoms with Crippen molar-refractivity contribution in [2.75, 3.05) is 13.7 Å². The topological polar surface area (TPSA) is 213 Å². The summed E-state index contributed by atoms with van der Waals surface area (Å²) in [4.78, 5) is 28.3. The van der Waals surface area contributed by atoms with Gasteiger partial charge in [0.1, 0.15) is 24.0 Å². The van der Waals surface area contributed by atoms with Crippen LogP contribution in [0.4, 0.5) is 0 Å². The van der Waals surface area contributed by atoms with E-state index in [1.165, 1.54) is 18.1 Å². The Morgan fingerprint density at radius 3 is 1.78 bits per heavy atom. The lowest BCUT2D eigenvalue weighted by Crippen LogP contribution is -2.35. The molecular formula is C19H29N3O10. The third kappa shape index (κ3) is 16.4. The zero-order chi connectivity index (χ0) is 25.3. The zero-order valence-corrected chi connectivity index (χ0v) is 18.1. The van der Waals surface area contributed by atoms with Crippen LogP contribution in [0.2, 0.25) is 0 Å². The van der Waals surface area contributed by atoms with Gasteiger partial charge in [-0.25, -0.2) is 0 Å². The summed E-state index contributed by atoms with van der Waals surface area (Å²) in [6.07, 6.45) is -2.58. The standard InChI is InChI=1S/C13H17N3O4.3C2H4O2/c1-20-8-11(17)13(19)12(18)10-7-14-16(15-10)9-5-3-2-4-6-9;3*1-2(3)4/h2-7,11-13,17-19H,8H2,1H3;3*1H3,(H,3,4). The first-order chi connectivity index (χ1) is 14.8.